The summed E-state index contributed by atoms with van der Waals surface area (Å²) < 4.78 is 149. The van der Waals surface area contributed by atoms with E-state index in [1.165, 1.54) is 61.0 Å². The number of aromatic hydroxyl groups is 2. The Bertz CT molecular complexity index is 6790. The van der Waals surface area contributed by atoms with Crippen molar-refractivity contribution in [2.45, 2.75) is 234 Å². The number of halogens is 9. The third-order valence-corrected chi connectivity index (χ3v) is 34.0. The highest BCUT2D eigenvalue weighted by Crippen LogP contribution is 2.51. The number of nitrogens with one attached hydrogen (secondary N) is 3. The zero-order valence-corrected chi connectivity index (χ0v) is 82.0. The molecule has 5 aromatic heterocycles. The number of nitrogens with zero attached hydrogens (tertiary/aromatic N) is 9. The highest BCUT2D eigenvalue weighted by molar-refractivity contribution is 8.01. The van der Waals surface area contributed by atoms with Crippen molar-refractivity contribution in [2.24, 2.45) is 5.73 Å². The lowest BCUT2D eigenvalue weighted by Crippen LogP contribution is -2.54. The van der Waals surface area contributed by atoms with Gasteiger partial charge in [-0.3, -0.25) is 57.5 Å². The van der Waals surface area contributed by atoms with Crippen LogP contribution in [-0.4, -0.2) is 235 Å². The van der Waals surface area contributed by atoms with Crippen LogP contribution < -0.4 is 63.0 Å². The lowest BCUT2D eigenvalue weighted by Gasteiger charge is -2.44. The summed E-state index contributed by atoms with van der Waals surface area (Å²) in [7, 11) is 4.74. The number of thiol groups is 1. The molecule has 147 heavy (non-hydrogen) atoms. The van der Waals surface area contributed by atoms with E-state index in [2.05, 4.69) is 33.3 Å². The number of carboxylic acids is 2. The first-order chi connectivity index (χ1) is 69.5. The van der Waals surface area contributed by atoms with Gasteiger partial charge in [0.05, 0.1) is 82.7 Å². The molecule has 4 unspecified atom stereocenters. The van der Waals surface area contributed by atoms with E-state index in [0.717, 1.165) is 108 Å². The minimum absolute atomic E-state index is 0. The molecule has 21 rings (SSSR count). The van der Waals surface area contributed by atoms with Crippen LogP contribution in [0, 0.1) is 52.4 Å². The Morgan fingerprint density at radius 3 is 0.973 bits per heavy atom. The number of hydrogen-bond acceptors (Lipinski definition) is 28. The summed E-state index contributed by atoms with van der Waals surface area (Å²) in [6.07, 6.45) is 21.3. The first-order valence-electron chi connectivity index (χ1n) is 46.0. The number of carboxylic acid groups (broad SMARTS) is 2. The van der Waals surface area contributed by atoms with Gasteiger partial charge in [0.15, 0.2) is 57.2 Å². The number of carbonyl (C=O) groups is 11. The van der Waals surface area contributed by atoms with Crippen LogP contribution in [-0.2, 0) is 61.9 Å². The molecule has 784 valence electrons. The van der Waals surface area contributed by atoms with Crippen molar-refractivity contribution in [3.63, 3.8) is 0 Å². The molecule has 5 saturated carbocycles. The Morgan fingerprint density at radius 2 is 0.694 bits per heavy atom. The lowest BCUT2D eigenvalue weighted by molar-refractivity contribution is -0.108. The fourth-order valence-corrected chi connectivity index (χ4v) is 27.9. The summed E-state index contributed by atoms with van der Waals surface area (Å²) >= 11 is 11.1. The molecular weight excluding hydrogens is 2050 g/mol. The normalized spacial score (nSPS) is 23.2. The molecule has 13 heterocycles. The van der Waals surface area contributed by atoms with Gasteiger partial charge in [-0.05, 0) is 96.3 Å². The molecule has 4 saturated heterocycles. The molecule has 51 heteroatoms. The smallest absolute Gasteiger partial charge is 0.358 e. The zero-order valence-electron chi connectivity index (χ0n) is 77.8. The number of esters is 1. The molecule has 3 aromatic carbocycles. The van der Waals surface area contributed by atoms with Gasteiger partial charge in [0.2, 0.25) is 27.1 Å². The van der Waals surface area contributed by atoms with Gasteiger partial charge in [-0.15, -0.1) is 47.0 Å². The van der Waals surface area contributed by atoms with Gasteiger partial charge >= 0.3 is 17.9 Å². The minimum Gasteiger partial charge on any atom is -0.503 e. The number of hydrogen-bond donors (Lipinski definition) is 9. The Hall–Kier alpha value is -13.1. The van der Waals surface area contributed by atoms with E-state index in [1.54, 1.807) is 66.0 Å². The standard InChI is InChI=1S/C22H20F3N3O4S.2C21H18F3N3O4S.C15H16N2O5S.C11H11NO7.C5H11NS.CH4/c1-32-20-18-22(31)28-11-2-3-12(6-11)33-17(28)9-27(18)8-14(19(20)29)21(30)26-7-13-15(24)4-10(23)5-16(13)25;2*22-9-3-14(23)12(15(24)4-9)6-25-20(30)13-7-26-8-16-27(10-1-2-11(5-10)32-16)21(31)17(26)19(29)18(13)28;1-22-13-11-14(19)17-7-2-3-8(4-7)23-10(17)6-16(11)5-9(12(13)18)15(20)21;1-18-9-7(11(17)19-2)12(3-4-13)5-6(8(9)14)10(15)16;6-4-1-2-5(7)3-4;/h4-5,8,11-12,17H,2-3,6-7,9H2,1H3,(H,26,30);2*3-4,7,10-11,16,29H,1-2,5-6,8H2,(H,25,30);5,7-8,10H,2-4,6H2,1H3,(H,20,21);4-5H,3H2,1-2H3,(H,15,16);4-5,7H,1-3,6H2;1H4/t11-,12+,17?;2*10-,11+,16?;7-,8+,10?;;4-,5+;/m0000.0./s1. The summed E-state index contributed by atoms with van der Waals surface area (Å²) in [5, 5.41) is 47.9. The Labute approximate surface area is 851 Å². The van der Waals surface area contributed by atoms with Gasteiger partial charge in [-0.2, -0.15) is 12.6 Å². The second kappa shape index (κ2) is 44.5. The fraction of sp³-hybridized carbons (Fsp3) is 0.438. The van der Waals surface area contributed by atoms with Crippen molar-refractivity contribution >= 4 is 125 Å². The predicted molar refractivity (Wildman–Crippen MR) is 518 cm³/mol. The molecule has 7 amide bonds. The maximum Gasteiger partial charge on any atom is 0.358 e. The van der Waals surface area contributed by atoms with Crippen molar-refractivity contribution in [1.29, 1.82) is 0 Å². The number of aromatic nitrogens is 5. The maximum atomic E-state index is 13.9. The van der Waals surface area contributed by atoms with Crippen LogP contribution >= 0.6 is 59.7 Å². The fourth-order valence-electron chi connectivity index (χ4n) is 20.7. The number of pyridine rings is 5. The second-order valence-corrected chi connectivity index (χ2v) is 43.0. The first-order valence-corrected chi connectivity index (χ1v) is 50.3. The number of rotatable bonds is 17. The zero-order chi connectivity index (χ0) is 105. The van der Waals surface area contributed by atoms with E-state index < -0.39 is 197 Å². The summed E-state index contributed by atoms with van der Waals surface area (Å²) in [6.45, 7) is -0.703. The number of ether oxygens (including phenoxy) is 4. The van der Waals surface area contributed by atoms with Crippen molar-refractivity contribution in [3.05, 3.63) is 244 Å². The summed E-state index contributed by atoms with van der Waals surface area (Å²) in [5.74, 6) is -20.8. The largest absolute Gasteiger partial charge is 0.503 e. The molecule has 9 N–H and O–H groups in total. The quantitative estimate of drug-likeness (QED) is 0.0177. The van der Waals surface area contributed by atoms with Crippen LogP contribution in [0.2, 0.25) is 0 Å². The number of benzene rings is 3. The van der Waals surface area contributed by atoms with Crippen LogP contribution in [0.4, 0.5) is 39.5 Å². The molecule has 9 fully saturated rings. The number of aldehydes is 1. The Morgan fingerprint density at radius 1 is 0.408 bits per heavy atom. The van der Waals surface area contributed by atoms with Crippen LogP contribution in [0.15, 0.2) is 91.4 Å². The van der Waals surface area contributed by atoms with Crippen LogP contribution in [0.1, 0.15) is 225 Å². The van der Waals surface area contributed by atoms with E-state index in [9.17, 15) is 132 Å². The third kappa shape index (κ3) is 21.4. The minimum atomic E-state index is -1.49. The van der Waals surface area contributed by atoms with Crippen LogP contribution in [0.3, 0.4) is 0 Å². The molecule has 8 bridgehead atoms. The number of carbonyl (C=O) groups excluding carboxylic acids is 9. The Balaban J connectivity index is 0.000000137. The van der Waals surface area contributed by atoms with Crippen molar-refractivity contribution in [2.75, 3.05) is 28.4 Å². The SMILES string of the molecule is C.COC(=O)c1c(OC)c(=O)c(C(=O)O)cn1CC=O.COc1c2n(cc(C(=O)NCc3c(F)cc(F)cc3F)c1=O)CC1S[C@@H]3CC[C@@H](C3)N1C2=O.COc1c2n(cc(C(=O)O)c1=O)CC1S[C@@H]3CC[C@@H](C3)N1C2=O.N[C@H]1CC[C@@H](S)C1.O=C(NCc1c(F)cc(F)cc1F)c1cn2c(c(O)c1=O)C(=O)N1C(C2)S[C@@H]2CC[C@H]1C2.O=C(NCc1c(F)cc(F)cc1F)c1cn2c(c(O)c1=O)C(=O)N1C(C2)S[C@@H]2CC[C@H]1C2. The number of aromatic carboxylic acids is 2. The number of thioether (sulfide) groups is 4. The maximum absolute atomic E-state index is 13.9. The van der Waals surface area contributed by atoms with E-state index >= 15 is 0 Å². The van der Waals surface area contributed by atoms with Crippen molar-refractivity contribution in [3.8, 4) is 28.7 Å². The van der Waals surface area contributed by atoms with E-state index in [0.29, 0.717) is 101 Å². The second-order valence-electron chi connectivity index (χ2n) is 36.3. The molecule has 0 spiro atoms. The van der Waals surface area contributed by atoms with Gasteiger partial charge in [0.25, 0.3) is 41.4 Å². The highest BCUT2D eigenvalue weighted by Gasteiger charge is 2.53. The van der Waals surface area contributed by atoms with Gasteiger partial charge in [-0.25, -0.2) is 53.9 Å². The molecule has 8 aromatic rings. The monoisotopic (exact) mass is 2150 g/mol. The average Bonchev–Trinajstić information content (AvgIpc) is 1.67. The number of nitrogens with two attached hydrogens (primary N) is 1. The molecule has 14 atom stereocenters. The molecule has 0 radical (unpaired) electrons. The van der Waals surface area contributed by atoms with Crippen LogP contribution in [0.5, 0.6) is 28.7 Å². The Kier molecular flexibility index (Phi) is 32.7. The summed E-state index contributed by atoms with van der Waals surface area (Å²) in [5.41, 5.74) is -3.26. The summed E-state index contributed by atoms with van der Waals surface area (Å²) in [6, 6.07) is 3.89. The van der Waals surface area contributed by atoms with Crippen molar-refractivity contribution < 1.29 is 132 Å². The predicted octanol–water partition coefficient (Wildman–Crippen LogP) is 9.33. The third-order valence-electron chi connectivity index (χ3n) is 27.5. The lowest BCUT2D eigenvalue weighted by atomic mass is 10.1. The topological polar surface area (TPSA) is 491 Å². The van der Waals surface area contributed by atoms with E-state index in [4.69, 9.17) is 25.1 Å². The van der Waals surface area contributed by atoms with Crippen molar-refractivity contribution in [1.82, 2.24) is 58.4 Å². The molecule has 8 aliphatic heterocycles. The molecule has 5 aliphatic carbocycles. The van der Waals surface area contributed by atoms with Gasteiger partial charge < -0.3 is 108 Å². The molecule has 13 aliphatic rings. The van der Waals surface area contributed by atoms with Gasteiger partial charge in [-0.1, -0.05) is 7.43 Å². The number of amides is 7. The molecule has 37 nitrogen and oxygen atoms in total. The number of methoxy groups -OCH3 is 4. The van der Waals surface area contributed by atoms with Gasteiger partial charge in [0, 0.05) is 160 Å². The van der Waals surface area contributed by atoms with Crippen LogP contribution in [0.25, 0.3) is 0 Å². The summed E-state index contributed by atoms with van der Waals surface area (Å²) in [4.78, 5) is 204. The van der Waals surface area contributed by atoms with E-state index in [-0.39, 0.29) is 123 Å². The molecular formula is C96H98F9N13O24S5. The first kappa shape index (κ1) is 108. The number of fused-ring (bicyclic) bond motifs is 20. The van der Waals surface area contributed by atoms with Gasteiger partial charge in [0.1, 0.15) is 86.5 Å². The van der Waals surface area contributed by atoms with E-state index in [1.807, 2.05) is 9.80 Å². The average molecular weight is 2150 g/mol. The highest BCUT2D eigenvalue weighted by atomic mass is 32.2.